The Morgan fingerprint density at radius 2 is 1.67 bits per heavy atom. The number of rotatable bonds is 2. The first-order valence-electron chi connectivity index (χ1n) is 6.58. The third kappa shape index (κ3) is 1.43. The number of aliphatic carboxylic acids is 1. The molecule has 3 rings (SSSR count). The van der Waals surface area contributed by atoms with Gasteiger partial charge in [0.05, 0.1) is 5.41 Å². The Morgan fingerprint density at radius 3 is 2.06 bits per heavy atom. The Bertz CT molecular complexity index is 421. The Hall–Kier alpha value is -1.10. The van der Waals surface area contributed by atoms with Gasteiger partial charge >= 0.3 is 5.97 Å². The lowest BCUT2D eigenvalue weighted by Gasteiger charge is -2.35. The molecular formula is C13H19NO4. The van der Waals surface area contributed by atoms with Gasteiger partial charge in [0.1, 0.15) is 5.60 Å². The molecule has 2 aliphatic carbocycles. The second-order valence-corrected chi connectivity index (χ2v) is 6.42. The van der Waals surface area contributed by atoms with Gasteiger partial charge in [-0.25, -0.2) is 0 Å². The van der Waals surface area contributed by atoms with E-state index in [0.717, 1.165) is 19.3 Å². The summed E-state index contributed by atoms with van der Waals surface area (Å²) in [6, 6.07) is 0. The minimum absolute atomic E-state index is 0.109. The maximum absolute atomic E-state index is 12.0. The third-order valence-corrected chi connectivity index (χ3v) is 5.34. The maximum atomic E-state index is 12.0. The van der Waals surface area contributed by atoms with Crippen LogP contribution in [0, 0.1) is 10.8 Å². The van der Waals surface area contributed by atoms with E-state index in [-0.39, 0.29) is 11.3 Å². The van der Waals surface area contributed by atoms with Gasteiger partial charge in [-0.15, -0.1) is 0 Å². The first-order valence-corrected chi connectivity index (χ1v) is 6.58. The zero-order chi connectivity index (χ0) is 13.2. The number of hydrogen-bond donors (Lipinski definition) is 2. The number of carboxylic acids is 1. The fourth-order valence-corrected chi connectivity index (χ4v) is 3.43. The highest BCUT2D eigenvalue weighted by atomic mass is 16.4. The van der Waals surface area contributed by atoms with Crippen molar-refractivity contribution in [2.45, 2.75) is 44.6 Å². The Morgan fingerprint density at radius 1 is 1.11 bits per heavy atom. The lowest BCUT2D eigenvalue weighted by Crippen LogP contribution is -2.46. The number of likely N-dealkylation sites (tertiary alicyclic amines) is 1. The smallest absolute Gasteiger partial charge is 0.309 e. The van der Waals surface area contributed by atoms with Gasteiger partial charge in [-0.1, -0.05) is 0 Å². The molecule has 1 saturated heterocycles. The van der Waals surface area contributed by atoms with Crippen LogP contribution in [-0.4, -0.2) is 45.7 Å². The number of carbonyl (C=O) groups excluding carboxylic acids is 1. The van der Waals surface area contributed by atoms with Crippen LogP contribution in [-0.2, 0) is 9.59 Å². The average molecular weight is 253 g/mol. The van der Waals surface area contributed by atoms with Crippen LogP contribution in [0.5, 0.6) is 0 Å². The van der Waals surface area contributed by atoms with Gasteiger partial charge in [0.2, 0.25) is 0 Å². The van der Waals surface area contributed by atoms with Crippen molar-refractivity contribution >= 4 is 11.9 Å². The Labute approximate surface area is 106 Å². The van der Waals surface area contributed by atoms with E-state index in [2.05, 4.69) is 0 Å². The lowest BCUT2D eigenvalue weighted by atomic mass is 9.85. The van der Waals surface area contributed by atoms with E-state index >= 15 is 0 Å². The largest absolute Gasteiger partial charge is 0.481 e. The zero-order valence-corrected chi connectivity index (χ0v) is 10.6. The van der Waals surface area contributed by atoms with Crippen molar-refractivity contribution < 1.29 is 19.8 Å². The lowest BCUT2D eigenvalue weighted by molar-refractivity contribution is -0.146. The topological polar surface area (TPSA) is 77.8 Å². The molecule has 100 valence electrons. The Kier molecular flexibility index (Phi) is 2.17. The van der Waals surface area contributed by atoms with Crippen LogP contribution in [0.4, 0.5) is 0 Å². The number of hydrogen-bond acceptors (Lipinski definition) is 3. The number of carboxylic acid groups (broad SMARTS) is 1. The van der Waals surface area contributed by atoms with Gasteiger partial charge in [0.15, 0.2) is 0 Å². The summed E-state index contributed by atoms with van der Waals surface area (Å²) in [7, 11) is 0. The molecule has 0 aromatic rings. The van der Waals surface area contributed by atoms with Crippen LogP contribution in [0.25, 0.3) is 0 Å². The monoisotopic (exact) mass is 253 g/mol. The molecule has 3 fully saturated rings. The van der Waals surface area contributed by atoms with E-state index in [9.17, 15) is 19.8 Å². The molecule has 0 unspecified atom stereocenters. The molecule has 1 spiro atoms. The van der Waals surface area contributed by atoms with Crippen molar-refractivity contribution in [1.82, 2.24) is 4.90 Å². The summed E-state index contributed by atoms with van der Waals surface area (Å²) < 4.78 is 0. The van der Waals surface area contributed by atoms with Crippen molar-refractivity contribution in [1.29, 1.82) is 0 Å². The van der Waals surface area contributed by atoms with Gasteiger partial charge in [-0.05, 0) is 44.4 Å². The summed E-state index contributed by atoms with van der Waals surface area (Å²) in [5, 5.41) is 19.0. The summed E-state index contributed by atoms with van der Waals surface area (Å²) in [4.78, 5) is 24.9. The van der Waals surface area contributed by atoms with Crippen molar-refractivity contribution in [3.63, 3.8) is 0 Å². The van der Waals surface area contributed by atoms with Crippen LogP contribution in [0.15, 0.2) is 0 Å². The zero-order valence-electron chi connectivity index (χ0n) is 10.6. The Balaban J connectivity index is 1.63. The third-order valence-electron chi connectivity index (χ3n) is 5.34. The SMILES string of the molecule is C[C@@]1(C(=O)O)CC12CCN(C(=O)C1(O)CC1)CC2. The van der Waals surface area contributed by atoms with E-state index in [1.54, 1.807) is 11.8 Å². The highest BCUT2D eigenvalue weighted by Crippen LogP contribution is 2.69. The molecule has 3 aliphatic rings. The number of carbonyl (C=O) groups is 2. The van der Waals surface area contributed by atoms with Gasteiger partial charge in [0, 0.05) is 13.1 Å². The molecule has 2 N–H and O–H groups in total. The van der Waals surface area contributed by atoms with Gasteiger partial charge in [0.25, 0.3) is 5.91 Å². The minimum atomic E-state index is -1.09. The van der Waals surface area contributed by atoms with Crippen molar-refractivity contribution in [3.05, 3.63) is 0 Å². The molecule has 1 aliphatic heterocycles. The predicted octanol–water partition coefficient (Wildman–Crippen LogP) is 0.615. The molecule has 1 atom stereocenters. The normalized spacial score (nSPS) is 35.3. The molecule has 2 saturated carbocycles. The molecular weight excluding hydrogens is 234 g/mol. The summed E-state index contributed by atoms with van der Waals surface area (Å²) in [6.45, 7) is 2.98. The van der Waals surface area contributed by atoms with E-state index in [1.807, 2.05) is 0 Å². The molecule has 5 heteroatoms. The molecule has 0 bridgehead atoms. The molecule has 0 aromatic carbocycles. The number of aliphatic hydroxyl groups is 1. The highest BCUT2D eigenvalue weighted by Gasteiger charge is 2.69. The van der Waals surface area contributed by atoms with Crippen LogP contribution in [0.2, 0.25) is 0 Å². The van der Waals surface area contributed by atoms with E-state index in [0.29, 0.717) is 25.9 Å². The standard InChI is InChI=1S/C13H19NO4/c1-11(10(16)17)8-12(11)4-6-14(7-5-12)9(15)13(18)2-3-13/h18H,2-8H2,1H3,(H,16,17)/t11-/m0/s1. The van der Waals surface area contributed by atoms with Crippen LogP contribution >= 0.6 is 0 Å². The molecule has 5 nitrogen and oxygen atoms in total. The first-order chi connectivity index (χ1) is 8.33. The van der Waals surface area contributed by atoms with Crippen LogP contribution in [0.3, 0.4) is 0 Å². The molecule has 0 radical (unpaired) electrons. The quantitative estimate of drug-likeness (QED) is 0.756. The van der Waals surface area contributed by atoms with Gasteiger partial charge < -0.3 is 15.1 Å². The van der Waals surface area contributed by atoms with E-state index < -0.39 is 17.0 Å². The van der Waals surface area contributed by atoms with Crippen molar-refractivity contribution in [3.8, 4) is 0 Å². The molecule has 18 heavy (non-hydrogen) atoms. The number of nitrogens with zero attached hydrogens (tertiary/aromatic N) is 1. The van der Waals surface area contributed by atoms with Crippen LogP contribution < -0.4 is 0 Å². The minimum Gasteiger partial charge on any atom is -0.481 e. The maximum Gasteiger partial charge on any atom is 0.309 e. The van der Waals surface area contributed by atoms with Crippen LogP contribution in [0.1, 0.15) is 39.0 Å². The fraction of sp³-hybridized carbons (Fsp3) is 0.846. The molecule has 1 heterocycles. The van der Waals surface area contributed by atoms with E-state index in [4.69, 9.17) is 0 Å². The van der Waals surface area contributed by atoms with Gasteiger partial charge in [-0.3, -0.25) is 9.59 Å². The second kappa shape index (κ2) is 3.26. The predicted molar refractivity (Wildman–Crippen MR) is 62.8 cm³/mol. The second-order valence-electron chi connectivity index (χ2n) is 6.42. The van der Waals surface area contributed by atoms with Crippen molar-refractivity contribution in [2.24, 2.45) is 10.8 Å². The van der Waals surface area contributed by atoms with E-state index in [1.165, 1.54) is 0 Å². The van der Waals surface area contributed by atoms with Crippen molar-refractivity contribution in [2.75, 3.05) is 13.1 Å². The molecule has 1 amide bonds. The summed E-state index contributed by atoms with van der Waals surface area (Å²) in [5.74, 6) is -0.877. The summed E-state index contributed by atoms with van der Waals surface area (Å²) >= 11 is 0. The number of amides is 1. The first kappa shape index (κ1) is 12.0. The highest BCUT2D eigenvalue weighted by molar-refractivity contribution is 5.88. The average Bonchev–Trinajstić information content (AvgIpc) is 3.20. The van der Waals surface area contributed by atoms with Gasteiger partial charge in [-0.2, -0.15) is 0 Å². The fourth-order valence-electron chi connectivity index (χ4n) is 3.43. The number of piperidine rings is 1. The molecule has 0 aromatic heterocycles. The summed E-state index contributed by atoms with van der Waals surface area (Å²) in [5.41, 5.74) is -1.80. The summed E-state index contributed by atoms with van der Waals surface area (Å²) in [6.07, 6.45) is 3.36.